The second-order valence-electron chi connectivity index (χ2n) is 8.94. The van der Waals surface area contributed by atoms with Crippen molar-refractivity contribution in [2.24, 2.45) is 5.92 Å². The summed E-state index contributed by atoms with van der Waals surface area (Å²) in [6.45, 7) is 4.88. The molecule has 188 valence electrons. The van der Waals surface area contributed by atoms with Crippen molar-refractivity contribution in [1.29, 1.82) is 0 Å². The average Bonchev–Trinajstić information content (AvgIpc) is 3.36. The van der Waals surface area contributed by atoms with E-state index in [1.165, 1.54) is 17.0 Å². The molecule has 4 rings (SSSR count). The van der Waals surface area contributed by atoms with Crippen LogP contribution in [0.3, 0.4) is 0 Å². The lowest BCUT2D eigenvalue weighted by atomic mass is 10.1. The molecule has 6 nitrogen and oxygen atoms in total. The van der Waals surface area contributed by atoms with Crippen molar-refractivity contribution in [2.45, 2.75) is 33.4 Å². The lowest BCUT2D eigenvalue weighted by molar-refractivity contribution is -0.147. The number of alkyl halides is 3. The number of ketones is 1. The molecule has 1 aliphatic heterocycles. The van der Waals surface area contributed by atoms with Crippen LogP contribution in [0.4, 0.5) is 18.9 Å². The summed E-state index contributed by atoms with van der Waals surface area (Å²) in [5, 5.41) is 0. The molecule has 1 unspecified atom stereocenters. The summed E-state index contributed by atoms with van der Waals surface area (Å²) in [4.78, 5) is 39.4. The van der Waals surface area contributed by atoms with Gasteiger partial charge in [0.15, 0.2) is 6.61 Å². The van der Waals surface area contributed by atoms with E-state index in [1.807, 2.05) is 31.2 Å². The highest BCUT2D eigenvalue weighted by Gasteiger charge is 2.36. The third kappa shape index (κ3) is 5.05. The number of hydrogen-bond acceptors (Lipinski definition) is 4. The summed E-state index contributed by atoms with van der Waals surface area (Å²) in [7, 11) is 0. The molecule has 9 heteroatoms. The Balaban J connectivity index is 1.43. The minimum atomic E-state index is -4.49. The molecule has 0 radical (unpaired) electrons. The van der Waals surface area contributed by atoms with Crippen LogP contribution in [0.2, 0.25) is 0 Å². The van der Waals surface area contributed by atoms with Crippen LogP contribution in [0.1, 0.15) is 39.3 Å². The highest BCUT2D eigenvalue weighted by atomic mass is 19.4. The number of aryl methyl sites for hydroxylation is 2. The molecule has 1 atom stereocenters. The third-order valence-corrected chi connectivity index (χ3v) is 6.31. The van der Waals surface area contributed by atoms with Gasteiger partial charge in [0.2, 0.25) is 11.7 Å². The molecule has 0 spiro atoms. The maximum Gasteiger partial charge on any atom is 0.416 e. The van der Waals surface area contributed by atoms with Crippen molar-refractivity contribution >= 4 is 23.3 Å². The van der Waals surface area contributed by atoms with Gasteiger partial charge in [0, 0.05) is 41.3 Å². The highest BCUT2D eigenvalue weighted by Crippen LogP contribution is 2.32. The van der Waals surface area contributed by atoms with Crippen LogP contribution in [-0.2, 0) is 20.5 Å². The number of carbonyl (C=O) groups is 3. The number of amides is 1. The predicted molar refractivity (Wildman–Crippen MR) is 127 cm³/mol. The molecule has 3 aromatic rings. The van der Waals surface area contributed by atoms with E-state index in [9.17, 15) is 27.6 Å². The first-order valence-corrected chi connectivity index (χ1v) is 11.4. The van der Waals surface area contributed by atoms with Gasteiger partial charge in [0.25, 0.3) is 0 Å². The molecule has 0 N–H and O–H groups in total. The van der Waals surface area contributed by atoms with Crippen molar-refractivity contribution in [3.63, 3.8) is 0 Å². The first kappa shape index (κ1) is 25.2. The van der Waals surface area contributed by atoms with Crippen molar-refractivity contribution in [3.05, 3.63) is 82.7 Å². The minimum Gasteiger partial charge on any atom is -0.457 e. The summed E-state index contributed by atoms with van der Waals surface area (Å²) >= 11 is 0. The molecule has 0 bridgehead atoms. The number of anilines is 1. The minimum absolute atomic E-state index is 0.00897. The fourth-order valence-electron chi connectivity index (χ4n) is 4.44. The predicted octanol–water partition coefficient (Wildman–Crippen LogP) is 5.20. The Kier molecular flexibility index (Phi) is 6.75. The number of halogens is 3. The maximum absolute atomic E-state index is 13.1. The van der Waals surface area contributed by atoms with Gasteiger partial charge in [0.1, 0.15) is 0 Å². The number of esters is 1. The quantitative estimate of drug-likeness (QED) is 0.346. The average molecular weight is 499 g/mol. The summed E-state index contributed by atoms with van der Waals surface area (Å²) in [6.07, 6.45) is -4.50. The van der Waals surface area contributed by atoms with Gasteiger partial charge in [-0.15, -0.1) is 0 Å². The first-order chi connectivity index (χ1) is 17.0. The first-order valence-electron chi connectivity index (χ1n) is 11.4. The van der Waals surface area contributed by atoms with Crippen LogP contribution in [0.5, 0.6) is 0 Å². The van der Waals surface area contributed by atoms with Crippen LogP contribution >= 0.6 is 0 Å². The number of ether oxygens (including phenoxy) is 1. The Labute approximate surface area is 206 Å². The second-order valence-corrected chi connectivity index (χ2v) is 8.94. The standard InChI is InChI=1S/C27H25F3N2O4/c1-16-7-9-21(10-8-16)31-14-19(12-25(31)34)26(35)36-15-24(33)23-11-17(2)32(18(23)3)22-6-4-5-20(13-22)27(28,29)30/h4-11,13,19H,12,14-15H2,1-3H3. The molecule has 1 fully saturated rings. The molecule has 36 heavy (non-hydrogen) atoms. The van der Waals surface area contributed by atoms with Gasteiger partial charge in [-0.1, -0.05) is 23.8 Å². The van der Waals surface area contributed by atoms with E-state index < -0.39 is 36.0 Å². The van der Waals surface area contributed by atoms with E-state index in [0.29, 0.717) is 17.1 Å². The van der Waals surface area contributed by atoms with Gasteiger partial charge >= 0.3 is 12.1 Å². The van der Waals surface area contributed by atoms with Crippen LogP contribution < -0.4 is 4.90 Å². The normalized spacial score (nSPS) is 15.9. The van der Waals surface area contributed by atoms with Gasteiger partial charge in [-0.2, -0.15) is 13.2 Å². The molecule has 1 aromatic heterocycles. The van der Waals surface area contributed by atoms with Crippen LogP contribution in [0, 0.1) is 26.7 Å². The maximum atomic E-state index is 13.1. The van der Waals surface area contributed by atoms with Crippen LogP contribution in [0.25, 0.3) is 5.69 Å². The molecule has 1 saturated heterocycles. The molecule has 0 aliphatic carbocycles. The molecule has 2 aromatic carbocycles. The third-order valence-electron chi connectivity index (χ3n) is 6.31. The zero-order valence-corrected chi connectivity index (χ0v) is 20.1. The topological polar surface area (TPSA) is 68.6 Å². The van der Waals surface area contributed by atoms with E-state index in [0.717, 1.165) is 17.7 Å². The van der Waals surface area contributed by atoms with Crippen molar-refractivity contribution in [3.8, 4) is 5.69 Å². The van der Waals surface area contributed by atoms with E-state index in [2.05, 4.69) is 0 Å². The Morgan fingerprint density at radius 2 is 1.69 bits per heavy atom. The summed E-state index contributed by atoms with van der Waals surface area (Å²) < 4.78 is 46.2. The van der Waals surface area contributed by atoms with Gasteiger partial charge in [-0.3, -0.25) is 14.4 Å². The van der Waals surface area contributed by atoms with Crippen molar-refractivity contribution < 1.29 is 32.3 Å². The number of benzene rings is 2. The summed E-state index contributed by atoms with van der Waals surface area (Å²) in [6, 6.07) is 13.8. The number of carbonyl (C=O) groups excluding carboxylic acids is 3. The SMILES string of the molecule is Cc1ccc(N2CC(C(=O)OCC(=O)c3cc(C)n(-c4cccc(C(F)(F)F)c4)c3C)CC2=O)cc1. The van der Waals surface area contributed by atoms with Gasteiger partial charge < -0.3 is 14.2 Å². The van der Waals surface area contributed by atoms with Crippen molar-refractivity contribution in [1.82, 2.24) is 4.57 Å². The van der Waals surface area contributed by atoms with E-state index in [-0.39, 0.29) is 30.1 Å². The number of Topliss-reactive ketones (excluding diaryl/α,β-unsaturated/α-hetero) is 1. The summed E-state index contributed by atoms with van der Waals surface area (Å²) in [5.74, 6) is -2.01. The molecule has 1 aliphatic rings. The fourth-order valence-corrected chi connectivity index (χ4v) is 4.44. The van der Waals surface area contributed by atoms with Gasteiger partial charge in [-0.05, 0) is 57.2 Å². The number of nitrogens with zero attached hydrogens (tertiary/aromatic N) is 2. The number of hydrogen-bond donors (Lipinski definition) is 0. The summed E-state index contributed by atoms with van der Waals surface area (Å²) in [5.41, 5.74) is 2.48. The van der Waals surface area contributed by atoms with E-state index >= 15 is 0 Å². The fraction of sp³-hybridized carbons (Fsp3) is 0.296. The number of rotatable bonds is 6. The Morgan fingerprint density at radius 1 is 1.00 bits per heavy atom. The van der Waals surface area contributed by atoms with E-state index in [1.54, 1.807) is 24.5 Å². The smallest absolute Gasteiger partial charge is 0.416 e. The van der Waals surface area contributed by atoms with E-state index in [4.69, 9.17) is 4.74 Å². The number of aromatic nitrogens is 1. The van der Waals surface area contributed by atoms with Gasteiger partial charge in [-0.25, -0.2) is 0 Å². The van der Waals surface area contributed by atoms with Gasteiger partial charge in [0.05, 0.1) is 11.5 Å². The lowest BCUT2D eigenvalue weighted by Gasteiger charge is -2.16. The molecule has 1 amide bonds. The zero-order valence-electron chi connectivity index (χ0n) is 20.1. The molecular weight excluding hydrogens is 473 g/mol. The van der Waals surface area contributed by atoms with Crippen LogP contribution in [0.15, 0.2) is 54.6 Å². The van der Waals surface area contributed by atoms with Crippen molar-refractivity contribution in [2.75, 3.05) is 18.1 Å². The Morgan fingerprint density at radius 3 is 2.36 bits per heavy atom. The second kappa shape index (κ2) is 9.64. The van der Waals surface area contributed by atoms with Crippen LogP contribution in [-0.4, -0.2) is 35.4 Å². The Hall–Kier alpha value is -3.88. The largest absolute Gasteiger partial charge is 0.457 e. The monoisotopic (exact) mass is 498 g/mol. The Bertz CT molecular complexity index is 1330. The lowest BCUT2D eigenvalue weighted by Crippen LogP contribution is -2.27. The highest BCUT2D eigenvalue weighted by molar-refractivity contribution is 6.01. The molecule has 0 saturated carbocycles. The molecular formula is C27H25F3N2O4. The zero-order chi connectivity index (χ0) is 26.2. The molecule has 2 heterocycles.